The number of hydrogen-bond acceptors (Lipinski definition) is 2. The van der Waals surface area contributed by atoms with Crippen molar-refractivity contribution in [2.24, 2.45) is 0 Å². The maximum absolute atomic E-state index is 6.30. The molecule has 0 fully saturated rings. The Labute approximate surface area is 198 Å². The van der Waals surface area contributed by atoms with Crippen molar-refractivity contribution in [1.29, 1.82) is 0 Å². The van der Waals surface area contributed by atoms with Gasteiger partial charge in [-0.1, -0.05) is 97.1 Å². The topological polar surface area (TPSA) is 18.5 Å². The van der Waals surface area contributed by atoms with E-state index in [2.05, 4.69) is 60.7 Å². The van der Waals surface area contributed by atoms with Crippen LogP contribution in [0.4, 0.5) is 0 Å². The molecule has 0 bridgehead atoms. The maximum Gasteiger partial charge on any atom is 0.135 e. The van der Waals surface area contributed by atoms with E-state index in [0.29, 0.717) is 0 Å². The van der Waals surface area contributed by atoms with Crippen molar-refractivity contribution >= 4 is 21.5 Å². The van der Waals surface area contributed by atoms with Crippen LogP contribution >= 0.6 is 0 Å². The Balaban J connectivity index is 1.30. The highest BCUT2D eigenvalue weighted by molar-refractivity contribution is 5.89. The predicted molar refractivity (Wildman–Crippen MR) is 140 cm³/mol. The van der Waals surface area contributed by atoms with Crippen LogP contribution in [0, 0.1) is 0 Å². The zero-order valence-electron chi connectivity index (χ0n) is 18.5. The smallest absolute Gasteiger partial charge is 0.135 e. The zero-order valence-corrected chi connectivity index (χ0v) is 18.5. The normalized spacial score (nSPS) is 10.9. The minimum Gasteiger partial charge on any atom is -0.457 e. The average molecular weight is 439 g/mol. The van der Waals surface area contributed by atoms with E-state index in [1.807, 2.05) is 72.8 Å². The molecule has 34 heavy (non-hydrogen) atoms. The molecule has 6 aromatic carbocycles. The highest BCUT2D eigenvalue weighted by Crippen LogP contribution is 2.34. The standard InChI is InChI=1S/C32H22O2/c1-3-17-29-23(9-1)11-7-19-31(29)33-27-15-5-13-25(21-27)26-14-6-16-28(22-26)34-32-20-8-12-24-10-2-4-18-30(24)32/h1-22H. The van der Waals surface area contributed by atoms with Crippen molar-refractivity contribution in [1.82, 2.24) is 0 Å². The first-order valence-corrected chi connectivity index (χ1v) is 11.4. The molecule has 0 unspecified atom stereocenters. The summed E-state index contributed by atoms with van der Waals surface area (Å²) in [5, 5.41) is 4.52. The molecule has 0 amide bonds. The summed E-state index contributed by atoms with van der Waals surface area (Å²) in [7, 11) is 0. The van der Waals surface area contributed by atoms with Crippen LogP contribution in [0.2, 0.25) is 0 Å². The van der Waals surface area contributed by atoms with E-state index < -0.39 is 0 Å². The molecule has 0 saturated heterocycles. The number of hydrogen-bond donors (Lipinski definition) is 0. The van der Waals surface area contributed by atoms with Crippen LogP contribution in [-0.2, 0) is 0 Å². The SMILES string of the molecule is c1cc(Oc2cccc3ccccc23)cc(-c2cccc(Oc3cccc4ccccc34)c2)c1. The monoisotopic (exact) mass is 438 g/mol. The summed E-state index contributed by atoms with van der Waals surface area (Å²) < 4.78 is 12.6. The minimum absolute atomic E-state index is 0.800. The second kappa shape index (κ2) is 8.76. The first kappa shape index (κ1) is 20.1. The fourth-order valence-corrected chi connectivity index (χ4v) is 4.30. The Kier molecular flexibility index (Phi) is 5.17. The number of rotatable bonds is 5. The van der Waals surface area contributed by atoms with Gasteiger partial charge in [-0.2, -0.15) is 0 Å². The molecule has 0 aromatic heterocycles. The zero-order chi connectivity index (χ0) is 22.7. The molecular weight excluding hydrogens is 416 g/mol. The van der Waals surface area contributed by atoms with Gasteiger partial charge in [0.1, 0.15) is 23.0 Å². The number of fused-ring (bicyclic) bond motifs is 2. The van der Waals surface area contributed by atoms with Crippen molar-refractivity contribution in [3.05, 3.63) is 133 Å². The van der Waals surface area contributed by atoms with Gasteiger partial charge in [-0.15, -0.1) is 0 Å². The van der Waals surface area contributed by atoms with E-state index in [9.17, 15) is 0 Å². The van der Waals surface area contributed by atoms with E-state index in [1.165, 1.54) is 0 Å². The summed E-state index contributed by atoms with van der Waals surface area (Å²) >= 11 is 0. The molecule has 0 heterocycles. The fourth-order valence-electron chi connectivity index (χ4n) is 4.30. The van der Waals surface area contributed by atoms with E-state index in [1.54, 1.807) is 0 Å². The van der Waals surface area contributed by atoms with Crippen molar-refractivity contribution in [3.63, 3.8) is 0 Å². The fraction of sp³-hybridized carbons (Fsp3) is 0. The Bertz CT molecular complexity index is 1480. The van der Waals surface area contributed by atoms with Gasteiger partial charge in [-0.05, 0) is 58.3 Å². The third-order valence-electron chi connectivity index (χ3n) is 5.96. The molecule has 162 valence electrons. The molecule has 0 N–H and O–H groups in total. The van der Waals surface area contributed by atoms with Crippen LogP contribution in [0.5, 0.6) is 23.0 Å². The summed E-state index contributed by atoms with van der Waals surface area (Å²) in [6, 6.07) is 45.1. The van der Waals surface area contributed by atoms with Gasteiger partial charge in [0.2, 0.25) is 0 Å². The van der Waals surface area contributed by atoms with Crippen molar-refractivity contribution in [2.75, 3.05) is 0 Å². The lowest BCUT2D eigenvalue weighted by molar-refractivity contribution is 0.487. The van der Waals surface area contributed by atoms with E-state index in [-0.39, 0.29) is 0 Å². The third kappa shape index (κ3) is 3.98. The summed E-state index contributed by atoms with van der Waals surface area (Å²) in [5.74, 6) is 3.30. The van der Waals surface area contributed by atoms with E-state index in [4.69, 9.17) is 9.47 Å². The minimum atomic E-state index is 0.800. The molecule has 0 aliphatic heterocycles. The number of benzene rings is 6. The van der Waals surface area contributed by atoms with Crippen LogP contribution in [0.15, 0.2) is 133 Å². The van der Waals surface area contributed by atoms with Gasteiger partial charge in [-0.3, -0.25) is 0 Å². The van der Waals surface area contributed by atoms with Crippen LogP contribution in [0.1, 0.15) is 0 Å². The van der Waals surface area contributed by atoms with Gasteiger partial charge < -0.3 is 9.47 Å². The third-order valence-corrected chi connectivity index (χ3v) is 5.96. The van der Waals surface area contributed by atoms with Crippen molar-refractivity contribution < 1.29 is 9.47 Å². The summed E-state index contributed by atoms with van der Waals surface area (Å²) in [4.78, 5) is 0. The van der Waals surface area contributed by atoms with E-state index >= 15 is 0 Å². The quantitative estimate of drug-likeness (QED) is 0.267. The Hall–Kier alpha value is -4.56. The van der Waals surface area contributed by atoms with Crippen LogP contribution in [0.25, 0.3) is 32.7 Å². The molecule has 6 rings (SSSR count). The molecule has 6 aromatic rings. The molecule has 2 heteroatoms. The highest BCUT2D eigenvalue weighted by Gasteiger charge is 2.07. The molecule has 0 aliphatic rings. The second-order valence-corrected chi connectivity index (χ2v) is 8.21. The van der Waals surface area contributed by atoms with Gasteiger partial charge in [0.15, 0.2) is 0 Å². The number of ether oxygens (including phenoxy) is 2. The van der Waals surface area contributed by atoms with Crippen LogP contribution in [-0.4, -0.2) is 0 Å². The summed E-state index contributed by atoms with van der Waals surface area (Å²) in [5.41, 5.74) is 2.14. The van der Waals surface area contributed by atoms with Gasteiger partial charge in [-0.25, -0.2) is 0 Å². The Morgan fingerprint density at radius 3 is 1.26 bits per heavy atom. The molecule has 2 nitrogen and oxygen atoms in total. The first-order chi connectivity index (χ1) is 16.8. The van der Waals surface area contributed by atoms with Crippen LogP contribution < -0.4 is 9.47 Å². The summed E-state index contributed by atoms with van der Waals surface area (Å²) in [6.07, 6.45) is 0. The van der Waals surface area contributed by atoms with E-state index in [0.717, 1.165) is 55.7 Å². The predicted octanol–water partition coefficient (Wildman–Crippen LogP) is 9.24. The lowest BCUT2D eigenvalue weighted by Gasteiger charge is -2.12. The van der Waals surface area contributed by atoms with Gasteiger partial charge in [0.05, 0.1) is 0 Å². The average Bonchev–Trinajstić information content (AvgIpc) is 2.90. The molecule has 0 saturated carbocycles. The van der Waals surface area contributed by atoms with Gasteiger partial charge >= 0.3 is 0 Å². The lowest BCUT2D eigenvalue weighted by atomic mass is 10.1. The van der Waals surface area contributed by atoms with Crippen molar-refractivity contribution in [2.45, 2.75) is 0 Å². The van der Waals surface area contributed by atoms with Gasteiger partial charge in [0, 0.05) is 10.8 Å². The molecular formula is C32H22O2. The second-order valence-electron chi connectivity index (χ2n) is 8.21. The molecule has 0 radical (unpaired) electrons. The first-order valence-electron chi connectivity index (χ1n) is 11.4. The maximum atomic E-state index is 6.30. The van der Waals surface area contributed by atoms with Crippen LogP contribution in [0.3, 0.4) is 0 Å². The van der Waals surface area contributed by atoms with Gasteiger partial charge in [0.25, 0.3) is 0 Å². The lowest BCUT2D eigenvalue weighted by Crippen LogP contribution is -1.88. The molecule has 0 spiro atoms. The molecule has 0 aliphatic carbocycles. The largest absolute Gasteiger partial charge is 0.457 e. The molecule has 0 atom stereocenters. The summed E-state index contributed by atoms with van der Waals surface area (Å²) in [6.45, 7) is 0. The highest BCUT2D eigenvalue weighted by atomic mass is 16.5. The Morgan fingerprint density at radius 1 is 0.353 bits per heavy atom. The van der Waals surface area contributed by atoms with Crippen molar-refractivity contribution in [3.8, 4) is 34.1 Å². The Morgan fingerprint density at radius 2 is 0.765 bits per heavy atom.